The minimum Gasteiger partial charge on any atom is -0.632 e. The fourth-order valence-electron chi connectivity index (χ4n) is 1.51. The van der Waals surface area contributed by atoms with Crippen molar-refractivity contribution in [2.45, 2.75) is 25.7 Å². The molecule has 0 radical (unpaired) electrons. The first-order valence-electron chi connectivity index (χ1n) is 6.72. The molecule has 0 unspecified atom stereocenters. The summed E-state index contributed by atoms with van der Waals surface area (Å²) in [5.74, 6) is -2.74. The van der Waals surface area contributed by atoms with E-state index >= 15 is 0 Å². The van der Waals surface area contributed by atoms with Gasteiger partial charge in [-0.05, 0) is 18.6 Å². The maximum Gasteiger partial charge on any atom is 3.00 e. The van der Waals surface area contributed by atoms with E-state index in [-0.39, 0.29) is 65.0 Å². The zero-order valence-corrected chi connectivity index (χ0v) is 15.8. The van der Waals surface area contributed by atoms with E-state index in [0.29, 0.717) is 5.06 Å². The Kier molecular flexibility index (Phi) is 10.4. The number of rotatable bonds is 5. The van der Waals surface area contributed by atoms with Gasteiger partial charge in [0.05, 0.1) is 24.8 Å². The third-order valence-electron chi connectivity index (χ3n) is 2.55. The average molecular weight is 428 g/mol. The van der Waals surface area contributed by atoms with Crippen LogP contribution < -0.4 is 0 Å². The topological polar surface area (TPSA) is 162 Å². The third kappa shape index (κ3) is 9.06. The molecule has 0 atom stereocenters. The van der Waals surface area contributed by atoms with E-state index in [9.17, 15) is 28.8 Å². The van der Waals surface area contributed by atoms with E-state index in [2.05, 4.69) is 14.9 Å². The first kappa shape index (κ1) is 22.9. The summed E-state index contributed by atoms with van der Waals surface area (Å²) < 4.78 is 4.28. The molecule has 0 saturated carbocycles. The molecule has 25 heavy (non-hydrogen) atoms. The number of ether oxygens (including phenoxy) is 1. The van der Waals surface area contributed by atoms with Gasteiger partial charge in [-0.3, -0.25) is 14.4 Å². The second-order valence-electron chi connectivity index (χ2n) is 4.41. The van der Waals surface area contributed by atoms with E-state index in [0.717, 1.165) is 12.2 Å². The molecule has 12 heteroatoms. The molecule has 1 saturated heterocycles. The fraction of sp³-hybridized carbons (Fsp3) is 0.385. The summed E-state index contributed by atoms with van der Waals surface area (Å²) in [7, 11) is 0. The summed E-state index contributed by atoms with van der Waals surface area (Å²) >= 11 is 0. The molecule has 0 spiro atoms. The molecule has 2 rings (SSSR count). The van der Waals surface area contributed by atoms with Gasteiger partial charge in [-0.15, -0.1) is 5.06 Å². The normalized spacial score (nSPS) is 15.1. The van der Waals surface area contributed by atoms with Gasteiger partial charge in [-0.2, -0.15) is 0 Å². The van der Waals surface area contributed by atoms with Crippen LogP contribution in [0.25, 0.3) is 11.1 Å². The maximum absolute atomic E-state index is 11.2. The Morgan fingerprint density at radius 3 is 2.00 bits per heavy atom. The van der Waals surface area contributed by atoms with Crippen molar-refractivity contribution < 1.29 is 71.1 Å². The van der Waals surface area contributed by atoms with Crippen LogP contribution in [0.3, 0.4) is 0 Å². The Bertz CT molecular complexity index is 572. The van der Waals surface area contributed by atoms with Crippen molar-refractivity contribution >= 4 is 35.7 Å². The van der Waals surface area contributed by atoms with Crippen molar-refractivity contribution in [1.82, 2.24) is 5.06 Å². The van der Waals surface area contributed by atoms with Gasteiger partial charge in [0.1, 0.15) is 0 Å². The number of amides is 5. The molecule has 0 aromatic carbocycles. The van der Waals surface area contributed by atoms with Gasteiger partial charge in [0.15, 0.2) is 0 Å². The van der Waals surface area contributed by atoms with E-state index in [4.69, 9.17) is 5.73 Å². The van der Waals surface area contributed by atoms with Gasteiger partial charge >= 0.3 is 38.7 Å². The van der Waals surface area contributed by atoms with Crippen LogP contribution in [0.15, 0.2) is 12.2 Å². The summed E-state index contributed by atoms with van der Waals surface area (Å²) in [5, 5.41) is 3.46. The molecule has 130 valence electrons. The van der Waals surface area contributed by atoms with Gasteiger partial charge in [0.25, 0.3) is 11.8 Å². The number of carbonyl (C=O) groups is 6. The van der Waals surface area contributed by atoms with Crippen LogP contribution in [-0.2, 0) is 66.3 Å². The monoisotopic (exact) mass is 428 g/mol. The van der Waals surface area contributed by atoms with Gasteiger partial charge < -0.3 is 30.2 Å². The Labute approximate surface area is 167 Å². The van der Waals surface area contributed by atoms with Gasteiger partial charge in [-0.1, -0.05) is 0 Å². The summed E-state index contributed by atoms with van der Waals surface area (Å²) in [6, 6.07) is 0. The second-order valence-corrected chi connectivity index (χ2v) is 4.41. The standard InChI is InChI=1S/C9H12N2O6.C4H3NO2.Y/c10-9(15)16-5-1-2-8(14)17-11-6(12)3-4-7(11)13;6-3-1-2-4(7)5-3;/h1-5H2,(H2,10,15);1-2H,(H,5,6,7);/q;;+3/p-2. The van der Waals surface area contributed by atoms with Crippen LogP contribution in [0.5, 0.6) is 0 Å². The Morgan fingerprint density at radius 1 is 1.08 bits per heavy atom. The molecule has 0 bridgehead atoms. The van der Waals surface area contributed by atoms with Gasteiger partial charge in [0, 0.05) is 12.8 Å². The summed E-state index contributed by atoms with van der Waals surface area (Å²) in [5.41, 5.74) is 6.42. The number of hydroxylamine groups is 2. The van der Waals surface area contributed by atoms with Crippen molar-refractivity contribution in [3.05, 3.63) is 23.2 Å². The molecular weight excluding hydrogens is 415 g/mol. The third-order valence-corrected chi connectivity index (χ3v) is 2.55. The van der Waals surface area contributed by atoms with Crippen LogP contribution in [0.4, 0.5) is 4.79 Å². The van der Waals surface area contributed by atoms with Crippen molar-refractivity contribution in [2.75, 3.05) is 6.61 Å². The van der Waals surface area contributed by atoms with E-state index < -0.39 is 35.7 Å². The average Bonchev–Trinajstić information content (AvgIpc) is 3.03. The number of nitrogens with zero attached hydrogens (tertiary/aromatic N) is 2. The zero-order valence-electron chi connectivity index (χ0n) is 12.9. The van der Waals surface area contributed by atoms with Crippen molar-refractivity contribution in [3.63, 3.8) is 0 Å². The molecule has 0 aliphatic carbocycles. The van der Waals surface area contributed by atoms with Crippen LogP contribution in [0, 0.1) is 0 Å². The van der Waals surface area contributed by atoms with E-state index in [1.165, 1.54) is 0 Å². The molecule has 11 nitrogen and oxygen atoms in total. The van der Waals surface area contributed by atoms with Crippen LogP contribution in [0.1, 0.15) is 25.7 Å². The quantitative estimate of drug-likeness (QED) is 0.453. The number of hydrogen-bond acceptors (Lipinski definition) is 8. The Balaban J connectivity index is 0.000000603. The van der Waals surface area contributed by atoms with Gasteiger partial charge in [-0.25, -0.2) is 4.79 Å². The first-order chi connectivity index (χ1) is 11.3. The molecule has 1 fully saturated rings. The molecule has 1 N–H and O–H groups in total. The van der Waals surface area contributed by atoms with Gasteiger partial charge in [0.2, 0.25) is 6.09 Å². The summed E-state index contributed by atoms with van der Waals surface area (Å²) in [4.78, 5) is 67.9. The minimum absolute atomic E-state index is 0. The predicted octanol–water partition coefficient (Wildman–Crippen LogP) is 0.543. The second kappa shape index (κ2) is 11.4. The number of imide groups is 2. The number of carbonyl (C=O) groups excluding carboxylic acids is 6. The molecule has 5 amide bonds. The predicted molar refractivity (Wildman–Crippen MR) is 74.6 cm³/mol. The summed E-state index contributed by atoms with van der Waals surface area (Å²) in [6.07, 6.45) is 1.25. The Morgan fingerprint density at radius 2 is 1.60 bits per heavy atom. The van der Waals surface area contributed by atoms with Crippen LogP contribution in [-0.4, -0.2) is 47.4 Å². The SMILES string of the molecule is O=C1C=CC(=O)[N-]1.[NH-]C(=O)OCCCC(=O)ON1C(=O)CCC1=O.[Y+3]. The minimum atomic E-state index is -1.18. The Hall–Kier alpha value is -2.14. The first-order valence-corrected chi connectivity index (χ1v) is 6.72. The smallest absolute Gasteiger partial charge is 0.632 e. The van der Waals surface area contributed by atoms with Crippen molar-refractivity contribution in [3.8, 4) is 0 Å². The zero-order chi connectivity index (χ0) is 18.1. The molecule has 2 aliphatic rings. The number of hydrogen-bond donors (Lipinski definition) is 0. The summed E-state index contributed by atoms with van der Waals surface area (Å²) in [6.45, 7) is -0.0840. The maximum atomic E-state index is 11.2. The van der Waals surface area contributed by atoms with Crippen LogP contribution in [0.2, 0.25) is 0 Å². The largest absolute Gasteiger partial charge is 3.00 e. The fourth-order valence-corrected chi connectivity index (χ4v) is 1.51. The molecule has 0 aromatic rings. The number of nitrogens with one attached hydrogen (secondary N) is 1. The molecular formula is C13H13N3O8Y+. The van der Waals surface area contributed by atoms with Crippen molar-refractivity contribution in [1.29, 1.82) is 0 Å². The van der Waals surface area contributed by atoms with E-state index in [1.807, 2.05) is 0 Å². The van der Waals surface area contributed by atoms with Crippen LogP contribution >= 0.6 is 0 Å². The van der Waals surface area contributed by atoms with Crippen molar-refractivity contribution in [2.24, 2.45) is 0 Å². The van der Waals surface area contributed by atoms with E-state index in [1.54, 1.807) is 0 Å². The molecule has 2 heterocycles. The molecule has 2 aliphatic heterocycles. The molecule has 0 aromatic heterocycles.